The molecule has 1 N–H and O–H groups in total. The number of rotatable bonds is 4. The second-order valence-electron chi connectivity index (χ2n) is 5.21. The van der Waals surface area contributed by atoms with E-state index >= 15 is 0 Å². The largest absolute Gasteiger partial charge is 0.378 e. The van der Waals surface area contributed by atoms with E-state index in [9.17, 15) is 9.59 Å². The summed E-state index contributed by atoms with van der Waals surface area (Å²) in [7, 11) is 0. The zero-order valence-electron chi connectivity index (χ0n) is 12.6. The van der Waals surface area contributed by atoms with Crippen molar-refractivity contribution in [1.29, 1.82) is 0 Å². The molecule has 0 radical (unpaired) electrons. The van der Waals surface area contributed by atoms with Crippen LogP contribution >= 0.6 is 0 Å². The van der Waals surface area contributed by atoms with Crippen molar-refractivity contribution >= 4 is 17.3 Å². The summed E-state index contributed by atoms with van der Waals surface area (Å²) in [5.74, 6) is -0.287. The lowest BCUT2D eigenvalue weighted by Gasteiger charge is -2.28. The number of morpholine rings is 1. The summed E-state index contributed by atoms with van der Waals surface area (Å²) in [6, 6.07) is 10.5. The Morgan fingerprint density at radius 3 is 2.61 bits per heavy atom. The molecule has 0 aliphatic carbocycles. The van der Waals surface area contributed by atoms with Crippen LogP contribution in [0.25, 0.3) is 0 Å². The highest BCUT2D eigenvalue weighted by Crippen LogP contribution is 2.18. The Kier molecular flexibility index (Phi) is 4.68. The van der Waals surface area contributed by atoms with Gasteiger partial charge in [0.05, 0.1) is 13.2 Å². The van der Waals surface area contributed by atoms with E-state index in [1.54, 1.807) is 6.07 Å². The summed E-state index contributed by atoms with van der Waals surface area (Å²) < 4.78 is 6.45. The minimum absolute atomic E-state index is 0.106. The van der Waals surface area contributed by atoms with E-state index < -0.39 is 0 Å². The van der Waals surface area contributed by atoms with Gasteiger partial charge in [-0.25, -0.2) is 4.68 Å². The van der Waals surface area contributed by atoms with Crippen molar-refractivity contribution in [2.24, 2.45) is 0 Å². The van der Waals surface area contributed by atoms with Crippen LogP contribution in [0.2, 0.25) is 0 Å². The first-order valence-corrected chi connectivity index (χ1v) is 7.47. The maximum Gasteiger partial charge on any atom is 0.267 e. The van der Waals surface area contributed by atoms with E-state index in [0.29, 0.717) is 5.69 Å². The molecule has 0 atom stereocenters. The van der Waals surface area contributed by atoms with Gasteiger partial charge in [-0.05, 0) is 30.3 Å². The quantitative estimate of drug-likeness (QED) is 0.900. The molecule has 0 saturated carbocycles. The molecule has 1 fully saturated rings. The van der Waals surface area contributed by atoms with Gasteiger partial charge < -0.3 is 15.0 Å². The van der Waals surface area contributed by atoms with Crippen LogP contribution in [-0.4, -0.2) is 42.0 Å². The van der Waals surface area contributed by atoms with Gasteiger partial charge in [0.15, 0.2) is 0 Å². The lowest BCUT2D eigenvalue weighted by Crippen LogP contribution is -2.36. The van der Waals surface area contributed by atoms with E-state index in [1.807, 2.05) is 24.3 Å². The van der Waals surface area contributed by atoms with Crippen molar-refractivity contribution in [2.45, 2.75) is 6.54 Å². The third-order valence-corrected chi connectivity index (χ3v) is 3.61. The number of carbonyl (C=O) groups excluding carboxylic acids is 1. The van der Waals surface area contributed by atoms with Crippen molar-refractivity contribution < 1.29 is 9.53 Å². The average Bonchev–Trinajstić information content (AvgIpc) is 2.58. The van der Waals surface area contributed by atoms with Crippen LogP contribution in [0, 0.1) is 0 Å². The molecule has 1 aliphatic heterocycles. The number of anilines is 2. The minimum Gasteiger partial charge on any atom is -0.378 e. The van der Waals surface area contributed by atoms with Gasteiger partial charge in [-0.15, -0.1) is 0 Å². The molecule has 0 spiro atoms. The number of hydrogen-bond acceptors (Lipinski definition) is 5. The lowest BCUT2D eigenvalue weighted by molar-refractivity contribution is -0.117. The number of ether oxygens (including phenoxy) is 1. The Labute approximate surface area is 133 Å². The topological polar surface area (TPSA) is 76.5 Å². The molecular weight excluding hydrogens is 296 g/mol. The fourth-order valence-corrected chi connectivity index (χ4v) is 2.42. The number of aromatic nitrogens is 2. The number of hydrogen-bond donors (Lipinski definition) is 1. The molecule has 23 heavy (non-hydrogen) atoms. The Morgan fingerprint density at radius 1 is 1.17 bits per heavy atom. The SMILES string of the molecule is O=C(Cn1ncccc1=O)Nc1ccc(N2CCOCC2)cc1. The Morgan fingerprint density at radius 2 is 1.91 bits per heavy atom. The van der Waals surface area contributed by atoms with Gasteiger partial charge in [0.25, 0.3) is 5.56 Å². The van der Waals surface area contributed by atoms with Gasteiger partial charge in [0.1, 0.15) is 6.54 Å². The molecule has 1 aliphatic rings. The number of carbonyl (C=O) groups is 1. The first-order valence-electron chi connectivity index (χ1n) is 7.47. The van der Waals surface area contributed by atoms with Crippen LogP contribution in [0.3, 0.4) is 0 Å². The number of amides is 1. The summed E-state index contributed by atoms with van der Waals surface area (Å²) >= 11 is 0. The highest BCUT2D eigenvalue weighted by molar-refractivity contribution is 5.90. The fraction of sp³-hybridized carbons (Fsp3) is 0.312. The zero-order chi connectivity index (χ0) is 16.1. The highest BCUT2D eigenvalue weighted by Gasteiger charge is 2.11. The smallest absolute Gasteiger partial charge is 0.267 e. The van der Waals surface area contributed by atoms with Gasteiger partial charge in [-0.3, -0.25) is 9.59 Å². The Balaban J connectivity index is 1.60. The second kappa shape index (κ2) is 7.06. The molecule has 1 amide bonds. The van der Waals surface area contributed by atoms with Gasteiger partial charge >= 0.3 is 0 Å². The molecule has 0 unspecified atom stereocenters. The van der Waals surface area contributed by atoms with Crippen LogP contribution < -0.4 is 15.8 Å². The van der Waals surface area contributed by atoms with Crippen molar-refractivity contribution in [3.8, 4) is 0 Å². The Hall–Kier alpha value is -2.67. The van der Waals surface area contributed by atoms with Crippen LogP contribution in [0.15, 0.2) is 47.4 Å². The molecule has 2 heterocycles. The van der Waals surface area contributed by atoms with Crippen LogP contribution in [-0.2, 0) is 16.1 Å². The summed E-state index contributed by atoms with van der Waals surface area (Å²) in [5, 5.41) is 6.63. The molecule has 1 saturated heterocycles. The van der Waals surface area contributed by atoms with Crippen LogP contribution in [0.4, 0.5) is 11.4 Å². The minimum atomic E-state index is -0.301. The molecule has 0 bridgehead atoms. The molecular formula is C16H18N4O3. The lowest BCUT2D eigenvalue weighted by atomic mass is 10.2. The van der Waals surface area contributed by atoms with E-state index in [4.69, 9.17) is 4.74 Å². The molecule has 1 aromatic carbocycles. The molecule has 7 nitrogen and oxygen atoms in total. The number of benzene rings is 1. The molecule has 2 aromatic rings. The van der Waals surface area contributed by atoms with Crippen molar-refractivity contribution in [2.75, 3.05) is 36.5 Å². The molecule has 3 rings (SSSR count). The van der Waals surface area contributed by atoms with Crippen molar-refractivity contribution in [3.63, 3.8) is 0 Å². The Bertz CT molecular complexity index is 721. The van der Waals surface area contributed by atoms with Crippen molar-refractivity contribution in [3.05, 3.63) is 52.9 Å². The van der Waals surface area contributed by atoms with E-state index in [-0.39, 0.29) is 18.0 Å². The van der Waals surface area contributed by atoms with E-state index in [2.05, 4.69) is 15.3 Å². The summed E-state index contributed by atoms with van der Waals surface area (Å²) in [4.78, 5) is 25.8. The maximum atomic E-state index is 12.0. The van der Waals surface area contributed by atoms with Gasteiger partial charge in [0, 0.05) is 36.7 Å². The van der Waals surface area contributed by atoms with Gasteiger partial charge in [0.2, 0.25) is 5.91 Å². The zero-order valence-corrected chi connectivity index (χ0v) is 12.6. The standard InChI is InChI=1S/C16H18N4O3/c21-15(12-20-16(22)2-1-7-17-20)18-13-3-5-14(6-4-13)19-8-10-23-11-9-19/h1-7H,8-12H2,(H,18,21). The second-order valence-corrected chi connectivity index (χ2v) is 5.21. The highest BCUT2D eigenvalue weighted by atomic mass is 16.5. The van der Waals surface area contributed by atoms with Crippen LogP contribution in [0.5, 0.6) is 0 Å². The molecule has 1 aromatic heterocycles. The van der Waals surface area contributed by atoms with Crippen molar-refractivity contribution in [1.82, 2.24) is 9.78 Å². The molecule has 7 heteroatoms. The third-order valence-electron chi connectivity index (χ3n) is 3.61. The molecule has 120 valence electrons. The summed E-state index contributed by atoms with van der Waals surface area (Å²) in [5.41, 5.74) is 1.49. The third kappa shape index (κ3) is 3.95. The summed E-state index contributed by atoms with van der Waals surface area (Å²) in [6.07, 6.45) is 1.48. The first-order chi connectivity index (χ1) is 11.2. The number of nitrogens with one attached hydrogen (secondary N) is 1. The normalized spacial score (nSPS) is 14.5. The van der Waals surface area contributed by atoms with Crippen LogP contribution in [0.1, 0.15) is 0 Å². The monoisotopic (exact) mass is 314 g/mol. The maximum absolute atomic E-state index is 12.0. The van der Waals surface area contributed by atoms with E-state index in [1.165, 1.54) is 12.3 Å². The fourth-order valence-electron chi connectivity index (χ4n) is 2.42. The first kappa shape index (κ1) is 15.2. The number of nitrogens with zero attached hydrogens (tertiary/aromatic N) is 3. The predicted octanol–water partition coefficient (Wildman–Crippen LogP) is 0.719. The van der Waals surface area contributed by atoms with Gasteiger partial charge in [-0.1, -0.05) is 0 Å². The predicted molar refractivity (Wildman–Crippen MR) is 86.6 cm³/mol. The van der Waals surface area contributed by atoms with E-state index in [0.717, 1.165) is 36.7 Å². The average molecular weight is 314 g/mol. The van der Waals surface area contributed by atoms with Gasteiger partial charge in [-0.2, -0.15) is 5.10 Å². The summed E-state index contributed by atoms with van der Waals surface area (Å²) in [6.45, 7) is 3.10.